The summed E-state index contributed by atoms with van der Waals surface area (Å²) in [5.41, 5.74) is 4.12. The second kappa shape index (κ2) is 5.21. The number of aryl methyl sites for hydroxylation is 2. The van der Waals surface area contributed by atoms with Crippen molar-refractivity contribution in [1.29, 1.82) is 0 Å². The quantitative estimate of drug-likeness (QED) is 0.914. The van der Waals surface area contributed by atoms with E-state index >= 15 is 0 Å². The van der Waals surface area contributed by atoms with Gasteiger partial charge in [0.05, 0.1) is 5.69 Å². The van der Waals surface area contributed by atoms with Crippen LogP contribution in [0.25, 0.3) is 11.4 Å². The van der Waals surface area contributed by atoms with E-state index in [9.17, 15) is 4.79 Å². The molecule has 0 fully saturated rings. The van der Waals surface area contributed by atoms with E-state index in [1.165, 1.54) is 5.56 Å². The van der Waals surface area contributed by atoms with Crippen LogP contribution in [0.15, 0.2) is 29.1 Å². The number of hydrogen-bond donors (Lipinski definition) is 1. The number of hydrogen-bond acceptors (Lipinski definition) is 3. The smallest absolute Gasteiger partial charge is 0.255 e. The predicted molar refractivity (Wildman–Crippen MR) is 79.5 cm³/mol. The van der Waals surface area contributed by atoms with Crippen LogP contribution < -0.4 is 5.56 Å². The molecule has 2 aromatic rings. The molecule has 4 heteroatoms. The topological polar surface area (TPSA) is 45.8 Å². The number of aromatic nitrogens is 2. The van der Waals surface area contributed by atoms with Gasteiger partial charge in [0.15, 0.2) is 0 Å². The summed E-state index contributed by atoms with van der Waals surface area (Å²) >= 11 is 1.80. The molecule has 19 heavy (non-hydrogen) atoms. The number of rotatable bonds is 2. The van der Waals surface area contributed by atoms with E-state index in [1.54, 1.807) is 11.8 Å². The second-order valence-electron chi connectivity index (χ2n) is 4.69. The summed E-state index contributed by atoms with van der Waals surface area (Å²) in [5, 5.41) is 0. The molecular weight excluding hydrogens is 256 g/mol. The predicted octanol–water partition coefficient (Wildman–Crippen LogP) is 2.79. The molecule has 0 amide bonds. The fourth-order valence-corrected chi connectivity index (χ4v) is 3.26. The Morgan fingerprint density at radius 3 is 2.84 bits per heavy atom. The molecule has 1 aliphatic rings. The number of nitrogens with zero attached hydrogens (tertiary/aromatic N) is 1. The fourth-order valence-electron chi connectivity index (χ4n) is 2.28. The van der Waals surface area contributed by atoms with E-state index in [0.29, 0.717) is 5.82 Å². The third-order valence-corrected chi connectivity index (χ3v) is 4.45. The van der Waals surface area contributed by atoms with Crippen LogP contribution in [-0.2, 0) is 18.6 Å². The molecular formula is C15H16N2OS. The van der Waals surface area contributed by atoms with Crippen molar-refractivity contribution >= 4 is 11.8 Å². The summed E-state index contributed by atoms with van der Waals surface area (Å²) in [6.45, 7) is 2.13. The average molecular weight is 272 g/mol. The van der Waals surface area contributed by atoms with Crippen LogP contribution in [0.2, 0.25) is 0 Å². The first-order valence-electron chi connectivity index (χ1n) is 6.57. The van der Waals surface area contributed by atoms with E-state index < -0.39 is 0 Å². The summed E-state index contributed by atoms with van der Waals surface area (Å²) in [4.78, 5) is 19.6. The Hall–Kier alpha value is -1.55. The highest BCUT2D eigenvalue weighted by Gasteiger charge is 2.16. The minimum Gasteiger partial charge on any atom is -0.306 e. The zero-order valence-corrected chi connectivity index (χ0v) is 11.7. The normalized spacial score (nSPS) is 14.2. The lowest BCUT2D eigenvalue weighted by Gasteiger charge is -2.14. The SMILES string of the molecule is CCc1ccc(-c2nc3c(c(=O)[nH]2)CSCC3)cc1. The zero-order chi connectivity index (χ0) is 13.2. The summed E-state index contributed by atoms with van der Waals surface area (Å²) in [6, 6.07) is 8.23. The van der Waals surface area contributed by atoms with E-state index in [-0.39, 0.29) is 5.56 Å². The first-order valence-corrected chi connectivity index (χ1v) is 7.72. The number of H-pyrrole nitrogens is 1. The Kier molecular flexibility index (Phi) is 3.42. The van der Waals surface area contributed by atoms with Crippen LogP contribution in [0.4, 0.5) is 0 Å². The van der Waals surface area contributed by atoms with E-state index in [4.69, 9.17) is 0 Å². The standard InChI is InChI=1S/C15H16N2OS/c1-2-10-3-5-11(6-4-10)14-16-13-7-8-19-9-12(13)15(18)17-14/h3-6H,2,7-9H2,1H3,(H,16,17,18). The van der Waals surface area contributed by atoms with E-state index in [1.807, 2.05) is 12.1 Å². The lowest BCUT2D eigenvalue weighted by Crippen LogP contribution is -2.21. The van der Waals surface area contributed by atoms with Gasteiger partial charge in [0.1, 0.15) is 5.82 Å². The lowest BCUT2D eigenvalue weighted by atomic mass is 10.1. The number of nitrogens with one attached hydrogen (secondary N) is 1. The first kappa shape index (κ1) is 12.5. The van der Waals surface area contributed by atoms with E-state index in [0.717, 1.165) is 41.2 Å². The van der Waals surface area contributed by atoms with Crippen molar-refractivity contribution in [3.63, 3.8) is 0 Å². The maximum Gasteiger partial charge on any atom is 0.255 e. The molecule has 1 N–H and O–H groups in total. The van der Waals surface area contributed by atoms with Gasteiger partial charge in [-0.1, -0.05) is 31.2 Å². The van der Waals surface area contributed by atoms with Gasteiger partial charge in [0, 0.05) is 16.9 Å². The molecule has 0 unspecified atom stereocenters. The Balaban J connectivity index is 2.05. The average Bonchev–Trinajstić information content (AvgIpc) is 2.47. The van der Waals surface area contributed by atoms with Gasteiger partial charge >= 0.3 is 0 Å². The van der Waals surface area contributed by atoms with Crippen LogP contribution in [0.1, 0.15) is 23.7 Å². The molecule has 1 aromatic carbocycles. The van der Waals surface area contributed by atoms with Crippen molar-refractivity contribution in [1.82, 2.24) is 9.97 Å². The molecule has 98 valence electrons. The summed E-state index contributed by atoms with van der Waals surface area (Å²) in [6.07, 6.45) is 1.91. The van der Waals surface area contributed by atoms with Crippen LogP contribution in [0.5, 0.6) is 0 Å². The van der Waals surface area contributed by atoms with Crippen molar-refractivity contribution < 1.29 is 0 Å². The zero-order valence-electron chi connectivity index (χ0n) is 10.9. The summed E-state index contributed by atoms with van der Waals surface area (Å²) < 4.78 is 0. The highest BCUT2D eigenvalue weighted by molar-refractivity contribution is 7.98. The molecule has 1 aromatic heterocycles. The summed E-state index contributed by atoms with van der Waals surface area (Å²) in [5.74, 6) is 2.53. The molecule has 3 rings (SSSR count). The Labute approximate surface area is 116 Å². The van der Waals surface area contributed by atoms with Crippen LogP contribution >= 0.6 is 11.8 Å². The van der Waals surface area contributed by atoms with Gasteiger partial charge in [-0.15, -0.1) is 0 Å². The maximum absolute atomic E-state index is 12.1. The Morgan fingerprint density at radius 2 is 2.11 bits per heavy atom. The van der Waals surface area contributed by atoms with Gasteiger partial charge in [0.2, 0.25) is 0 Å². The van der Waals surface area contributed by atoms with Gasteiger partial charge in [-0.05, 0) is 24.2 Å². The van der Waals surface area contributed by atoms with Crippen molar-refractivity contribution in [3.05, 3.63) is 51.4 Å². The van der Waals surface area contributed by atoms with Gasteiger partial charge in [-0.2, -0.15) is 11.8 Å². The highest BCUT2D eigenvalue weighted by Crippen LogP contribution is 2.22. The Morgan fingerprint density at radius 1 is 1.32 bits per heavy atom. The molecule has 0 radical (unpaired) electrons. The number of thioether (sulfide) groups is 1. The molecule has 0 aliphatic carbocycles. The van der Waals surface area contributed by atoms with E-state index in [2.05, 4.69) is 29.0 Å². The third-order valence-electron chi connectivity index (χ3n) is 3.47. The Bertz CT molecular complexity index is 646. The molecule has 0 bridgehead atoms. The van der Waals surface area contributed by atoms with Crippen molar-refractivity contribution in [2.75, 3.05) is 5.75 Å². The van der Waals surface area contributed by atoms with Crippen molar-refractivity contribution in [3.8, 4) is 11.4 Å². The molecule has 0 saturated heterocycles. The first-order chi connectivity index (χ1) is 9.28. The minimum absolute atomic E-state index is 0.0202. The van der Waals surface area contributed by atoms with Gasteiger partial charge in [-0.3, -0.25) is 4.79 Å². The van der Waals surface area contributed by atoms with Crippen LogP contribution in [0, 0.1) is 0 Å². The minimum atomic E-state index is 0.0202. The van der Waals surface area contributed by atoms with Gasteiger partial charge in [-0.25, -0.2) is 4.98 Å². The van der Waals surface area contributed by atoms with Crippen molar-refractivity contribution in [2.45, 2.75) is 25.5 Å². The van der Waals surface area contributed by atoms with Gasteiger partial charge in [0.25, 0.3) is 5.56 Å². The highest BCUT2D eigenvalue weighted by atomic mass is 32.2. The summed E-state index contributed by atoms with van der Waals surface area (Å²) in [7, 11) is 0. The largest absolute Gasteiger partial charge is 0.306 e. The molecule has 0 atom stereocenters. The molecule has 2 heterocycles. The number of aromatic amines is 1. The molecule has 3 nitrogen and oxygen atoms in total. The van der Waals surface area contributed by atoms with Gasteiger partial charge < -0.3 is 4.98 Å². The monoisotopic (exact) mass is 272 g/mol. The lowest BCUT2D eigenvalue weighted by molar-refractivity contribution is 0.938. The number of benzene rings is 1. The number of fused-ring (bicyclic) bond motifs is 1. The molecule has 1 aliphatic heterocycles. The molecule has 0 saturated carbocycles. The van der Waals surface area contributed by atoms with Crippen LogP contribution in [0.3, 0.4) is 0 Å². The maximum atomic E-state index is 12.1. The second-order valence-corrected chi connectivity index (χ2v) is 5.80. The fraction of sp³-hybridized carbons (Fsp3) is 0.333. The molecule has 0 spiro atoms. The third kappa shape index (κ3) is 2.45. The van der Waals surface area contributed by atoms with Crippen molar-refractivity contribution in [2.24, 2.45) is 0 Å². The van der Waals surface area contributed by atoms with Crippen LogP contribution in [-0.4, -0.2) is 15.7 Å².